The molecule has 0 fully saturated rings. The number of rotatable bonds is 6. The van der Waals surface area contributed by atoms with Gasteiger partial charge in [0, 0.05) is 0 Å². The zero-order chi connectivity index (χ0) is 11.4. The molecule has 0 aromatic heterocycles. The molecule has 0 N–H and O–H groups in total. The summed E-state index contributed by atoms with van der Waals surface area (Å²) in [6, 6.07) is 0. The molecule has 14 heavy (non-hydrogen) atoms. The van der Waals surface area contributed by atoms with Crippen molar-refractivity contribution in [3.63, 3.8) is 0 Å². The molecule has 0 aromatic rings. The average Bonchev–Trinajstić information content (AvgIpc) is 2.02. The van der Waals surface area contributed by atoms with E-state index in [1.807, 2.05) is 0 Å². The fourth-order valence-electron chi connectivity index (χ4n) is 0.953. The van der Waals surface area contributed by atoms with Crippen LogP contribution in [0.4, 0.5) is 0 Å². The normalized spacial score (nSPS) is 15.5. The lowest BCUT2D eigenvalue weighted by molar-refractivity contribution is 0.218. The van der Waals surface area contributed by atoms with Gasteiger partial charge in [0.25, 0.3) is 0 Å². The van der Waals surface area contributed by atoms with Gasteiger partial charge in [-0.3, -0.25) is 4.57 Å². The van der Waals surface area contributed by atoms with Crippen LogP contribution in [0.2, 0.25) is 0 Å². The molecule has 0 amide bonds. The van der Waals surface area contributed by atoms with Gasteiger partial charge in [0.15, 0.2) is 0 Å². The van der Waals surface area contributed by atoms with Crippen molar-refractivity contribution in [1.29, 1.82) is 0 Å². The molecular weight excluding hydrogens is 222 g/mol. The summed E-state index contributed by atoms with van der Waals surface area (Å²) >= 11 is 0. The molecule has 1 unspecified atom stereocenters. The Balaban J connectivity index is 4.82. The fraction of sp³-hybridized carbons (Fsp3) is 1.00. The maximum Gasteiger partial charge on any atom is 0.340 e. The lowest BCUT2D eigenvalue weighted by Gasteiger charge is -2.25. The van der Waals surface area contributed by atoms with Crippen LogP contribution in [0.5, 0.6) is 0 Å². The van der Waals surface area contributed by atoms with E-state index in [0.717, 1.165) is 0 Å². The van der Waals surface area contributed by atoms with Gasteiger partial charge in [-0.1, -0.05) is 0 Å². The van der Waals surface area contributed by atoms with Crippen molar-refractivity contribution in [3.05, 3.63) is 0 Å². The zero-order valence-corrected chi connectivity index (χ0v) is 11.3. The summed E-state index contributed by atoms with van der Waals surface area (Å²) in [5.41, 5.74) is 0. The van der Waals surface area contributed by atoms with E-state index in [1.165, 1.54) is 0 Å². The van der Waals surface area contributed by atoms with E-state index in [2.05, 4.69) is 0 Å². The lowest BCUT2D eigenvalue weighted by Crippen LogP contribution is -2.09. The van der Waals surface area contributed by atoms with Gasteiger partial charge >= 0.3 is 7.60 Å². The second kappa shape index (κ2) is 5.46. The van der Waals surface area contributed by atoms with Gasteiger partial charge < -0.3 is 13.6 Å². The van der Waals surface area contributed by atoms with E-state index in [4.69, 9.17) is 9.05 Å². The molecule has 0 spiro atoms. The molecule has 0 aromatic carbocycles. The molecule has 4 nitrogen and oxygen atoms in total. The molecule has 0 heterocycles. The Morgan fingerprint density at radius 1 is 1.07 bits per heavy atom. The van der Waals surface area contributed by atoms with Gasteiger partial charge in [-0.2, -0.15) is 0 Å². The maximum atomic E-state index is 12.1. The Kier molecular flexibility index (Phi) is 5.61. The fourth-order valence-corrected chi connectivity index (χ4v) is 5.30. The third kappa shape index (κ3) is 3.86. The first-order chi connectivity index (χ1) is 6.28. The Morgan fingerprint density at radius 2 is 1.43 bits per heavy atom. The van der Waals surface area contributed by atoms with Crippen LogP contribution in [0.25, 0.3) is 0 Å². The number of hydrogen-bond acceptors (Lipinski definition) is 4. The summed E-state index contributed by atoms with van der Waals surface area (Å²) in [7, 11) is -5.65. The molecular formula is C8H20O4P2. The summed E-state index contributed by atoms with van der Waals surface area (Å²) in [5.74, 6) is 0. The van der Waals surface area contributed by atoms with Gasteiger partial charge in [0.2, 0.25) is 0 Å². The highest BCUT2D eigenvalue weighted by Crippen LogP contribution is 2.65. The van der Waals surface area contributed by atoms with Crippen molar-refractivity contribution >= 4 is 14.7 Å². The molecule has 0 rings (SSSR count). The van der Waals surface area contributed by atoms with Crippen molar-refractivity contribution in [3.8, 4) is 0 Å². The summed E-state index contributed by atoms with van der Waals surface area (Å²) in [6.45, 7) is 8.96. The third-order valence-electron chi connectivity index (χ3n) is 1.98. The predicted octanol–water partition coefficient (Wildman–Crippen LogP) is 3.22. The predicted molar refractivity (Wildman–Crippen MR) is 59.8 cm³/mol. The molecule has 0 aliphatic rings. The van der Waals surface area contributed by atoms with Crippen LogP contribution in [-0.2, 0) is 18.2 Å². The van der Waals surface area contributed by atoms with E-state index < -0.39 is 20.1 Å². The van der Waals surface area contributed by atoms with Crippen LogP contribution in [0.15, 0.2) is 0 Å². The summed E-state index contributed by atoms with van der Waals surface area (Å²) in [4.78, 5) is 0. The van der Waals surface area contributed by atoms with Gasteiger partial charge in [0.1, 0.15) is 5.40 Å². The molecule has 1 atom stereocenters. The first kappa shape index (κ1) is 14.4. The van der Waals surface area contributed by atoms with Crippen LogP contribution in [0.3, 0.4) is 0 Å². The van der Waals surface area contributed by atoms with E-state index in [-0.39, 0.29) is 0 Å². The Morgan fingerprint density at radius 3 is 1.64 bits per heavy atom. The third-order valence-corrected chi connectivity index (χ3v) is 8.44. The molecule has 0 radical (unpaired) electrons. The van der Waals surface area contributed by atoms with Gasteiger partial charge in [0.05, 0.1) is 20.4 Å². The van der Waals surface area contributed by atoms with Crippen LogP contribution < -0.4 is 0 Å². The van der Waals surface area contributed by atoms with Crippen LogP contribution in [-0.4, -0.2) is 31.9 Å². The second-order valence-electron chi connectivity index (χ2n) is 3.44. The first-order valence-corrected chi connectivity index (χ1v) is 8.99. The largest absolute Gasteiger partial charge is 0.340 e. The highest BCUT2D eigenvalue weighted by atomic mass is 31.2. The average molecular weight is 242 g/mol. The van der Waals surface area contributed by atoms with Gasteiger partial charge in [-0.15, -0.1) is 0 Å². The molecule has 86 valence electrons. The molecule has 0 aliphatic heterocycles. The topological polar surface area (TPSA) is 52.6 Å². The van der Waals surface area contributed by atoms with Crippen molar-refractivity contribution in [2.75, 3.05) is 26.5 Å². The minimum absolute atomic E-state index is 0.307. The highest BCUT2D eigenvalue weighted by Gasteiger charge is 2.39. The Labute approximate surface area is 86.3 Å². The lowest BCUT2D eigenvalue weighted by atomic mass is 10.9. The molecule has 6 heteroatoms. The van der Waals surface area contributed by atoms with Crippen molar-refractivity contribution in [1.82, 2.24) is 0 Å². The molecule has 0 saturated carbocycles. The minimum Gasteiger partial charge on any atom is -0.323 e. The van der Waals surface area contributed by atoms with E-state index >= 15 is 0 Å². The van der Waals surface area contributed by atoms with Gasteiger partial charge in [-0.25, -0.2) is 0 Å². The van der Waals surface area contributed by atoms with Crippen LogP contribution in [0, 0.1) is 0 Å². The standard InChI is InChI=1S/C8H20O4P2/c1-6-11-14(10,12-7-2)8(3)13(4,5)9/h8H,6-7H2,1-5H3. The summed E-state index contributed by atoms with van der Waals surface area (Å²) in [5, 5.41) is -0.533. The van der Waals surface area contributed by atoms with Crippen molar-refractivity contribution < 1.29 is 18.2 Å². The molecule has 0 saturated heterocycles. The van der Waals surface area contributed by atoms with Gasteiger partial charge in [-0.05, 0) is 34.1 Å². The quantitative estimate of drug-likeness (QED) is 0.671. The van der Waals surface area contributed by atoms with E-state index in [9.17, 15) is 9.13 Å². The van der Waals surface area contributed by atoms with Crippen LogP contribution in [0.1, 0.15) is 20.8 Å². The maximum absolute atomic E-state index is 12.1. The SMILES string of the molecule is CCOP(=O)(OCC)C(C)P(C)(C)=O. The Bertz CT molecular complexity index is 248. The summed E-state index contributed by atoms with van der Waals surface area (Å²) < 4.78 is 34.2. The summed E-state index contributed by atoms with van der Waals surface area (Å²) in [6.07, 6.45) is 0. The smallest absolute Gasteiger partial charge is 0.323 e. The second-order valence-corrected chi connectivity index (χ2v) is 9.86. The zero-order valence-electron chi connectivity index (χ0n) is 9.52. The van der Waals surface area contributed by atoms with Crippen molar-refractivity contribution in [2.24, 2.45) is 0 Å². The van der Waals surface area contributed by atoms with E-state index in [1.54, 1.807) is 34.1 Å². The monoisotopic (exact) mass is 242 g/mol. The molecule has 0 aliphatic carbocycles. The minimum atomic E-state index is -3.20. The van der Waals surface area contributed by atoms with E-state index in [0.29, 0.717) is 13.2 Å². The van der Waals surface area contributed by atoms with Crippen LogP contribution >= 0.6 is 14.7 Å². The number of hydrogen-bond donors (Lipinski definition) is 0. The highest BCUT2D eigenvalue weighted by molar-refractivity contribution is 7.77. The first-order valence-electron chi connectivity index (χ1n) is 4.71. The van der Waals surface area contributed by atoms with Crippen molar-refractivity contribution in [2.45, 2.75) is 26.2 Å². The Hall–Kier alpha value is 0.380. The molecule has 0 bridgehead atoms.